The summed E-state index contributed by atoms with van der Waals surface area (Å²) < 4.78 is 25.0. The Kier molecular flexibility index (Phi) is 4.43. The first kappa shape index (κ1) is 15.9. The van der Waals surface area contributed by atoms with E-state index in [0.29, 0.717) is 6.08 Å². The minimum atomic E-state index is -3.90. The van der Waals surface area contributed by atoms with E-state index < -0.39 is 27.3 Å². The third kappa shape index (κ3) is 3.07. The number of carbonyl (C=O) groups is 2. The summed E-state index contributed by atoms with van der Waals surface area (Å²) in [5.74, 6) is -3.72. The number of benzene rings is 1. The number of thiophene rings is 1. The Morgan fingerprint density at radius 3 is 2.27 bits per heavy atom. The van der Waals surface area contributed by atoms with Crippen molar-refractivity contribution in [3.05, 3.63) is 58.5 Å². The van der Waals surface area contributed by atoms with Crippen LogP contribution >= 0.6 is 11.3 Å². The first-order valence-corrected chi connectivity index (χ1v) is 8.31. The van der Waals surface area contributed by atoms with Crippen LogP contribution in [0.3, 0.4) is 0 Å². The predicted octanol–water partition coefficient (Wildman–Crippen LogP) is 2.29. The molecule has 2 N–H and O–H groups in total. The highest BCUT2D eigenvalue weighted by Gasteiger charge is 2.25. The summed E-state index contributed by atoms with van der Waals surface area (Å²) in [5.41, 5.74) is -0.179. The van der Waals surface area contributed by atoms with E-state index in [2.05, 4.69) is 0 Å². The summed E-state index contributed by atoms with van der Waals surface area (Å²) in [7, 11) is -3.90. The van der Waals surface area contributed by atoms with Crippen molar-refractivity contribution in [2.24, 2.45) is 0 Å². The van der Waals surface area contributed by atoms with E-state index in [1.54, 1.807) is 18.2 Å². The lowest BCUT2D eigenvalue weighted by molar-refractivity contribution is -0.135. The van der Waals surface area contributed by atoms with E-state index >= 15 is 0 Å². The van der Waals surface area contributed by atoms with Crippen LogP contribution in [0.4, 0.5) is 0 Å². The molecule has 6 nitrogen and oxygen atoms in total. The van der Waals surface area contributed by atoms with E-state index in [-0.39, 0.29) is 15.4 Å². The number of aliphatic hydroxyl groups excluding tert-OH is 1. The van der Waals surface area contributed by atoms with Crippen molar-refractivity contribution < 1.29 is 28.2 Å². The van der Waals surface area contributed by atoms with Crippen molar-refractivity contribution in [3.63, 3.8) is 0 Å². The largest absolute Gasteiger partial charge is 0.502 e. The van der Waals surface area contributed by atoms with E-state index in [0.717, 1.165) is 11.3 Å². The smallest absolute Gasteiger partial charge is 0.371 e. The molecule has 0 aliphatic rings. The Bertz CT molecular complexity index is 846. The van der Waals surface area contributed by atoms with E-state index in [4.69, 9.17) is 10.2 Å². The molecule has 1 aromatic heterocycles. The lowest BCUT2D eigenvalue weighted by Crippen LogP contribution is -2.08. The van der Waals surface area contributed by atoms with Gasteiger partial charge in [-0.2, -0.15) is 11.3 Å². The Labute approximate surface area is 129 Å². The van der Waals surface area contributed by atoms with Gasteiger partial charge in [-0.1, -0.05) is 18.2 Å². The van der Waals surface area contributed by atoms with E-state index in [9.17, 15) is 18.0 Å². The van der Waals surface area contributed by atoms with Gasteiger partial charge in [-0.25, -0.2) is 13.2 Å². The van der Waals surface area contributed by atoms with Gasteiger partial charge in [0.15, 0.2) is 5.78 Å². The first-order valence-electron chi connectivity index (χ1n) is 5.88. The molecular weight excluding hydrogens is 328 g/mol. The molecule has 22 heavy (non-hydrogen) atoms. The quantitative estimate of drug-likeness (QED) is 0.492. The summed E-state index contributed by atoms with van der Waals surface area (Å²) in [4.78, 5) is 22.3. The zero-order valence-electron chi connectivity index (χ0n) is 11.0. The van der Waals surface area contributed by atoms with Gasteiger partial charge in [0.2, 0.25) is 15.6 Å². The number of aliphatic hydroxyl groups is 1. The summed E-state index contributed by atoms with van der Waals surface area (Å²) in [6.07, 6.45) is 0.481. The number of allylic oxidation sites excluding steroid dienone is 1. The summed E-state index contributed by atoms with van der Waals surface area (Å²) in [5, 5.41) is 20.2. The number of aliphatic carboxylic acids is 1. The molecule has 0 spiro atoms. The molecule has 0 atom stereocenters. The first-order chi connectivity index (χ1) is 10.3. The number of ketones is 1. The average molecular weight is 338 g/mol. The van der Waals surface area contributed by atoms with Crippen LogP contribution in [0.2, 0.25) is 0 Å². The highest BCUT2D eigenvalue weighted by Crippen LogP contribution is 2.27. The molecule has 8 heteroatoms. The van der Waals surface area contributed by atoms with Gasteiger partial charge in [0.1, 0.15) is 0 Å². The summed E-state index contributed by atoms with van der Waals surface area (Å²) >= 11 is 0.993. The molecule has 0 aliphatic heterocycles. The maximum absolute atomic E-state index is 12.5. The highest BCUT2D eigenvalue weighted by atomic mass is 32.2. The third-order valence-electron chi connectivity index (χ3n) is 2.72. The number of carboxylic acid groups (broad SMARTS) is 1. The second-order valence-corrected chi connectivity index (χ2v) is 6.83. The van der Waals surface area contributed by atoms with Crippen LogP contribution < -0.4 is 0 Å². The standard InChI is InChI=1S/C14H10O6S2/c15-11(6-12(16)14(17)18)10-7-21-8-13(10)22(19,20)9-4-2-1-3-5-9/h1-8,16H,(H,17,18)/b12-6-. The number of hydrogen-bond acceptors (Lipinski definition) is 6. The van der Waals surface area contributed by atoms with Gasteiger partial charge in [-0.3, -0.25) is 4.79 Å². The van der Waals surface area contributed by atoms with Crippen LogP contribution in [-0.2, 0) is 14.6 Å². The van der Waals surface area contributed by atoms with Gasteiger partial charge in [-0.15, -0.1) is 0 Å². The van der Waals surface area contributed by atoms with Crippen molar-refractivity contribution in [3.8, 4) is 0 Å². The fourth-order valence-corrected chi connectivity index (χ4v) is 4.33. The molecule has 1 aromatic carbocycles. The molecule has 0 unspecified atom stereocenters. The Morgan fingerprint density at radius 1 is 1.05 bits per heavy atom. The summed E-state index contributed by atoms with van der Waals surface area (Å²) in [6.45, 7) is 0. The Hall–Kier alpha value is -2.45. The molecule has 0 aliphatic carbocycles. The number of hydrogen-bond donors (Lipinski definition) is 2. The molecule has 2 rings (SSSR count). The molecule has 2 aromatic rings. The van der Waals surface area contributed by atoms with Gasteiger partial charge in [0, 0.05) is 16.8 Å². The normalized spacial score (nSPS) is 12.1. The average Bonchev–Trinajstić information content (AvgIpc) is 2.98. The van der Waals surface area contributed by atoms with Crippen LogP contribution in [0.25, 0.3) is 0 Å². The predicted molar refractivity (Wildman–Crippen MR) is 78.9 cm³/mol. The second kappa shape index (κ2) is 6.12. The van der Waals surface area contributed by atoms with E-state index in [1.165, 1.54) is 22.9 Å². The van der Waals surface area contributed by atoms with Crippen molar-refractivity contribution in [1.29, 1.82) is 0 Å². The Balaban J connectivity index is 2.49. The molecule has 0 saturated carbocycles. The van der Waals surface area contributed by atoms with Crippen LogP contribution in [0.15, 0.2) is 62.7 Å². The van der Waals surface area contributed by atoms with Crippen molar-refractivity contribution in [2.75, 3.05) is 0 Å². The lowest BCUT2D eigenvalue weighted by atomic mass is 10.2. The van der Waals surface area contributed by atoms with Gasteiger partial charge in [-0.05, 0) is 12.1 Å². The molecule has 0 bridgehead atoms. The van der Waals surface area contributed by atoms with Crippen molar-refractivity contribution in [2.45, 2.75) is 9.79 Å². The Morgan fingerprint density at radius 2 is 1.68 bits per heavy atom. The van der Waals surface area contributed by atoms with Gasteiger partial charge < -0.3 is 10.2 Å². The second-order valence-electron chi connectivity index (χ2n) is 4.17. The van der Waals surface area contributed by atoms with Crippen LogP contribution in [-0.4, -0.2) is 30.4 Å². The number of carbonyl (C=O) groups excluding carboxylic acids is 1. The maximum Gasteiger partial charge on any atom is 0.371 e. The maximum atomic E-state index is 12.5. The highest BCUT2D eigenvalue weighted by molar-refractivity contribution is 7.91. The van der Waals surface area contributed by atoms with Crippen LogP contribution in [0.5, 0.6) is 0 Å². The van der Waals surface area contributed by atoms with E-state index in [1.807, 2.05) is 0 Å². The number of rotatable bonds is 5. The fourth-order valence-electron chi connectivity index (χ4n) is 1.66. The van der Waals surface area contributed by atoms with Gasteiger partial charge in [0.05, 0.1) is 15.4 Å². The van der Waals surface area contributed by atoms with Gasteiger partial charge >= 0.3 is 5.97 Å². The minimum Gasteiger partial charge on any atom is -0.502 e. The molecular formula is C14H10O6S2. The number of sulfone groups is 1. The minimum absolute atomic E-state index is 0.0221. The fraction of sp³-hybridized carbons (Fsp3) is 0. The molecule has 0 fully saturated rings. The third-order valence-corrected chi connectivity index (χ3v) is 5.42. The van der Waals surface area contributed by atoms with Crippen LogP contribution in [0.1, 0.15) is 10.4 Å². The molecule has 0 amide bonds. The summed E-state index contributed by atoms with van der Waals surface area (Å²) in [6, 6.07) is 7.55. The SMILES string of the molecule is O=C(O)/C(O)=C/C(=O)c1cscc1S(=O)(=O)c1ccccc1. The molecule has 0 radical (unpaired) electrons. The monoisotopic (exact) mass is 338 g/mol. The number of carboxylic acids is 1. The van der Waals surface area contributed by atoms with Crippen molar-refractivity contribution in [1.82, 2.24) is 0 Å². The van der Waals surface area contributed by atoms with Gasteiger partial charge in [0.25, 0.3) is 0 Å². The molecule has 0 saturated heterocycles. The topological polar surface area (TPSA) is 109 Å². The van der Waals surface area contributed by atoms with Crippen LogP contribution in [0, 0.1) is 0 Å². The van der Waals surface area contributed by atoms with Crippen molar-refractivity contribution >= 4 is 32.9 Å². The zero-order valence-corrected chi connectivity index (χ0v) is 12.6. The lowest BCUT2D eigenvalue weighted by Gasteiger charge is -2.04. The molecule has 114 valence electrons. The molecule has 1 heterocycles. The zero-order chi connectivity index (χ0) is 16.3.